The number of thiol groups is 1. The Morgan fingerprint density at radius 3 is 2.30 bits per heavy atom. The summed E-state index contributed by atoms with van der Waals surface area (Å²) in [5.74, 6) is 0.838. The summed E-state index contributed by atoms with van der Waals surface area (Å²) in [5, 5.41) is 0.509. The number of rotatable bonds is 1. The molecule has 10 heavy (non-hydrogen) atoms. The number of hydrogen-bond acceptors (Lipinski definition) is 2. The summed E-state index contributed by atoms with van der Waals surface area (Å²) >= 11 is 4.51. The lowest BCUT2D eigenvalue weighted by atomic mass is 10.2. The van der Waals surface area contributed by atoms with Crippen LogP contribution in [0.15, 0.2) is 0 Å². The maximum absolute atomic E-state index is 4.51. The van der Waals surface area contributed by atoms with Gasteiger partial charge < -0.3 is 0 Å². The summed E-state index contributed by atoms with van der Waals surface area (Å²) in [6, 6.07) is 0.660. The Kier molecular flexibility index (Phi) is 2.64. The fourth-order valence-corrected chi connectivity index (χ4v) is 2.33. The Hall–Kier alpha value is 0.310. The van der Waals surface area contributed by atoms with Crippen LogP contribution in [0, 0.1) is 5.92 Å². The normalized spacial score (nSPS) is 35.7. The van der Waals surface area contributed by atoms with Crippen molar-refractivity contribution in [2.45, 2.75) is 38.6 Å². The fourth-order valence-electron chi connectivity index (χ4n) is 1.61. The van der Waals surface area contributed by atoms with Gasteiger partial charge in [0.2, 0.25) is 0 Å². The van der Waals surface area contributed by atoms with E-state index >= 15 is 0 Å². The zero-order valence-corrected chi connectivity index (χ0v) is 7.94. The molecule has 0 spiro atoms. The second-order valence-electron chi connectivity index (χ2n) is 3.61. The average molecular weight is 159 g/mol. The first kappa shape index (κ1) is 8.41. The molecule has 1 rings (SSSR count). The Labute approximate surface area is 69.2 Å². The van der Waals surface area contributed by atoms with Crippen LogP contribution in [-0.2, 0) is 0 Å². The summed E-state index contributed by atoms with van der Waals surface area (Å²) in [5.41, 5.74) is 0. The van der Waals surface area contributed by atoms with E-state index in [4.69, 9.17) is 0 Å². The molecule has 0 aromatic rings. The lowest BCUT2D eigenvalue weighted by Gasteiger charge is -2.24. The van der Waals surface area contributed by atoms with Crippen molar-refractivity contribution in [2.24, 2.45) is 5.92 Å². The Morgan fingerprint density at radius 2 is 2.10 bits per heavy atom. The second-order valence-corrected chi connectivity index (χ2v) is 4.21. The van der Waals surface area contributed by atoms with Gasteiger partial charge in [-0.3, -0.25) is 4.90 Å². The molecule has 1 aliphatic rings. The van der Waals surface area contributed by atoms with Gasteiger partial charge in [0, 0.05) is 12.6 Å². The lowest BCUT2D eigenvalue weighted by molar-refractivity contribution is 0.252. The minimum Gasteiger partial charge on any atom is -0.289 e. The summed E-state index contributed by atoms with van der Waals surface area (Å²) in [6.45, 7) is 8.00. The first-order valence-electron chi connectivity index (χ1n) is 4.05. The van der Waals surface area contributed by atoms with Crippen molar-refractivity contribution in [3.8, 4) is 0 Å². The van der Waals surface area contributed by atoms with E-state index in [0.29, 0.717) is 11.4 Å². The molecular formula is C8H17NS. The fraction of sp³-hybridized carbons (Fsp3) is 1.00. The molecule has 1 aliphatic heterocycles. The van der Waals surface area contributed by atoms with Gasteiger partial charge in [0.05, 0.1) is 5.37 Å². The predicted octanol–water partition coefficient (Wildman–Crippen LogP) is 1.99. The summed E-state index contributed by atoms with van der Waals surface area (Å²) < 4.78 is 0. The van der Waals surface area contributed by atoms with Crippen molar-refractivity contribution in [1.82, 2.24) is 4.90 Å². The highest BCUT2D eigenvalue weighted by atomic mass is 32.1. The molecular weight excluding hydrogens is 142 g/mol. The quantitative estimate of drug-likeness (QED) is 0.573. The van der Waals surface area contributed by atoms with Crippen molar-refractivity contribution >= 4 is 12.6 Å². The van der Waals surface area contributed by atoms with Crippen LogP contribution in [0.2, 0.25) is 0 Å². The van der Waals surface area contributed by atoms with Crippen LogP contribution < -0.4 is 0 Å². The van der Waals surface area contributed by atoms with Crippen LogP contribution in [0.25, 0.3) is 0 Å². The molecule has 0 aliphatic carbocycles. The molecule has 0 amide bonds. The zero-order valence-electron chi connectivity index (χ0n) is 7.04. The molecule has 0 radical (unpaired) electrons. The SMILES string of the molecule is CC(C)N1C[C@H](C)CC1S. The van der Waals surface area contributed by atoms with Crippen molar-refractivity contribution < 1.29 is 0 Å². The molecule has 0 bridgehead atoms. The van der Waals surface area contributed by atoms with E-state index < -0.39 is 0 Å². The van der Waals surface area contributed by atoms with E-state index in [2.05, 4.69) is 38.3 Å². The first-order valence-corrected chi connectivity index (χ1v) is 4.56. The van der Waals surface area contributed by atoms with Gasteiger partial charge in [-0.1, -0.05) is 6.92 Å². The first-order chi connectivity index (χ1) is 4.61. The van der Waals surface area contributed by atoms with E-state index in [1.54, 1.807) is 0 Å². The third kappa shape index (κ3) is 1.67. The van der Waals surface area contributed by atoms with Crippen LogP contribution in [-0.4, -0.2) is 22.9 Å². The lowest BCUT2D eigenvalue weighted by Crippen LogP contribution is -2.32. The number of nitrogens with zero attached hydrogens (tertiary/aromatic N) is 1. The van der Waals surface area contributed by atoms with Crippen molar-refractivity contribution in [1.29, 1.82) is 0 Å². The molecule has 0 aromatic heterocycles. The molecule has 2 heteroatoms. The Balaban J connectivity index is 2.46. The molecule has 2 atom stereocenters. The van der Waals surface area contributed by atoms with Crippen LogP contribution in [0.3, 0.4) is 0 Å². The summed E-state index contributed by atoms with van der Waals surface area (Å²) in [6.07, 6.45) is 1.25. The zero-order chi connectivity index (χ0) is 7.72. The average Bonchev–Trinajstić information content (AvgIpc) is 2.10. The van der Waals surface area contributed by atoms with Crippen molar-refractivity contribution in [3.05, 3.63) is 0 Å². The minimum absolute atomic E-state index is 0.509. The monoisotopic (exact) mass is 159 g/mol. The van der Waals surface area contributed by atoms with E-state index in [1.165, 1.54) is 13.0 Å². The largest absolute Gasteiger partial charge is 0.289 e. The highest BCUT2D eigenvalue weighted by Crippen LogP contribution is 2.26. The third-order valence-corrected chi connectivity index (χ3v) is 2.69. The molecule has 1 nitrogen and oxygen atoms in total. The Bertz CT molecular complexity index is 114. The van der Waals surface area contributed by atoms with Crippen molar-refractivity contribution in [2.75, 3.05) is 6.54 Å². The van der Waals surface area contributed by atoms with Gasteiger partial charge in [-0.15, -0.1) is 0 Å². The molecule has 1 unspecified atom stereocenters. The van der Waals surface area contributed by atoms with E-state index in [-0.39, 0.29) is 0 Å². The molecule has 60 valence electrons. The van der Waals surface area contributed by atoms with Gasteiger partial charge >= 0.3 is 0 Å². The van der Waals surface area contributed by atoms with Gasteiger partial charge in [-0.05, 0) is 26.2 Å². The molecule has 0 saturated carbocycles. The summed E-state index contributed by atoms with van der Waals surface area (Å²) in [7, 11) is 0. The van der Waals surface area contributed by atoms with Crippen LogP contribution >= 0.6 is 12.6 Å². The van der Waals surface area contributed by atoms with Gasteiger partial charge in [-0.2, -0.15) is 12.6 Å². The smallest absolute Gasteiger partial charge is 0.0533 e. The molecule has 0 aromatic carbocycles. The molecule has 1 saturated heterocycles. The maximum Gasteiger partial charge on any atom is 0.0533 e. The van der Waals surface area contributed by atoms with Gasteiger partial charge in [0.15, 0.2) is 0 Å². The molecule has 1 heterocycles. The third-order valence-electron chi connectivity index (χ3n) is 2.18. The number of likely N-dealkylation sites (tertiary alicyclic amines) is 1. The standard InChI is InChI=1S/C8H17NS/c1-6(2)9-5-7(3)4-8(9)10/h6-8,10H,4-5H2,1-3H3/t7-,8?/m1/s1. The van der Waals surface area contributed by atoms with Crippen LogP contribution in [0.4, 0.5) is 0 Å². The Morgan fingerprint density at radius 1 is 1.50 bits per heavy atom. The van der Waals surface area contributed by atoms with Crippen molar-refractivity contribution in [3.63, 3.8) is 0 Å². The highest BCUT2D eigenvalue weighted by molar-refractivity contribution is 7.80. The topological polar surface area (TPSA) is 3.24 Å². The molecule has 1 fully saturated rings. The van der Waals surface area contributed by atoms with Gasteiger partial charge in [-0.25, -0.2) is 0 Å². The minimum atomic E-state index is 0.509. The predicted molar refractivity (Wildman–Crippen MR) is 48.4 cm³/mol. The van der Waals surface area contributed by atoms with Gasteiger partial charge in [0.25, 0.3) is 0 Å². The van der Waals surface area contributed by atoms with Crippen LogP contribution in [0.1, 0.15) is 27.2 Å². The number of hydrogen-bond donors (Lipinski definition) is 1. The maximum atomic E-state index is 4.51. The van der Waals surface area contributed by atoms with Crippen LogP contribution in [0.5, 0.6) is 0 Å². The van der Waals surface area contributed by atoms with E-state index in [9.17, 15) is 0 Å². The molecule has 0 N–H and O–H groups in total. The van der Waals surface area contributed by atoms with E-state index in [1.807, 2.05) is 0 Å². The highest BCUT2D eigenvalue weighted by Gasteiger charge is 2.28. The summed E-state index contributed by atoms with van der Waals surface area (Å²) in [4.78, 5) is 2.45. The van der Waals surface area contributed by atoms with Gasteiger partial charge in [0.1, 0.15) is 0 Å². The second kappa shape index (κ2) is 3.14. The van der Waals surface area contributed by atoms with E-state index in [0.717, 1.165) is 5.92 Å².